The molecule has 5 nitrogen and oxygen atoms in total. The van der Waals surface area contributed by atoms with Gasteiger partial charge in [0.1, 0.15) is 5.41 Å². The molecule has 1 saturated carbocycles. The van der Waals surface area contributed by atoms with Gasteiger partial charge in [0.05, 0.1) is 17.4 Å². The third kappa shape index (κ3) is 5.86. The van der Waals surface area contributed by atoms with Crippen molar-refractivity contribution in [2.45, 2.75) is 131 Å². The van der Waals surface area contributed by atoms with Crippen molar-refractivity contribution in [1.29, 1.82) is 0 Å². The van der Waals surface area contributed by atoms with Gasteiger partial charge in [0.2, 0.25) is 11.8 Å². The molecule has 4 rings (SSSR count). The summed E-state index contributed by atoms with van der Waals surface area (Å²) in [4.78, 5) is 37.9. The minimum atomic E-state index is -1.29. The van der Waals surface area contributed by atoms with Gasteiger partial charge in [-0.3, -0.25) is 19.4 Å². The molecule has 2 aromatic carbocycles. The van der Waals surface area contributed by atoms with E-state index in [1.165, 1.54) is 6.42 Å². The predicted octanol–water partition coefficient (Wildman–Crippen LogP) is 9.43. The van der Waals surface area contributed by atoms with Crippen LogP contribution in [0.5, 0.6) is 0 Å². The van der Waals surface area contributed by atoms with E-state index in [9.17, 15) is 9.59 Å². The molecule has 2 aromatic rings. The van der Waals surface area contributed by atoms with Crippen molar-refractivity contribution in [3.05, 3.63) is 64.5 Å². The van der Waals surface area contributed by atoms with Crippen LogP contribution in [0.4, 0.5) is 11.4 Å². The maximum Gasteiger partial charge on any atom is 0.248 e. The predicted molar refractivity (Wildman–Crippen MR) is 176 cm³/mol. The number of para-hydroxylation sites is 2. The number of amides is 2. The van der Waals surface area contributed by atoms with Gasteiger partial charge in [-0.1, -0.05) is 111 Å². The van der Waals surface area contributed by atoms with Crippen molar-refractivity contribution in [3.63, 3.8) is 0 Å². The monoisotopic (exact) mass is 569 g/mol. The lowest BCUT2D eigenvalue weighted by Gasteiger charge is -2.46. The van der Waals surface area contributed by atoms with Crippen LogP contribution in [-0.2, 0) is 9.59 Å². The van der Waals surface area contributed by atoms with Crippen molar-refractivity contribution in [1.82, 2.24) is 0 Å². The van der Waals surface area contributed by atoms with E-state index >= 15 is 0 Å². The number of carbonyl (C=O) groups is 2. The Morgan fingerprint density at radius 1 is 0.667 bits per heavy atom. The van der Waals surface area contributed by atoms with Crippen LogP contribution in [0, 0.1) is 5.41 Å². The summed E-state index contributed by atoms with van der Waals surface area (Å²) in [6.07, 6.45) is 5.53. The summed E-state index contributed by atoms with van der Waals surface area (Å²) in [5.41, 5.74) is 4.78. The molecule has 0 aromatic heterocycles. The Kier molecular flexibility index (Phi) is 9.52. The van der Waals surface area contributed by atoms with Crippen LogP contribution in [0.1, 0.15) is 147 Å². The lowest BCUT2D eigenvalue weighted by molar-refractivity contribution is -0.139. The molecule has 1 saturated heterocycles. The number of aliphatic imine (C=N–C) groups is 1. The van der Waals surface area contributed by atoms with E-state index in [-0.39, 0.29) is 41.5 Å². The first-order valence-electron chi connectivity index (χ1n) is 16.1. The highest BCUT2D eigenvalue weighted by molar-refractivity contribution is 6.24. The maximum atomic E-state index is 14.7. The van der Waals surface area contributed by atoms with E-state index in [1.807, 2.05) is 0 Å². The summed E-state index contributed by atoms with van der Waals surface area (Å²) in [6, 6.07) is 12.8. The van der Waals surface area contributed by atoms with Gasteiger partial charge in [0.15, 0.2) is 5.82 Å². The second-order valence-corrected chi connectivity index (χ2v) is 14.0. The minimum Gasteiger partial charge on any atom is -0.273 e. The number of hydrogen-bond donors (Lipinski definition) is 0. The minimum absolute atomic E-state index is 0.143. The van der Waals surface area contributed by atoms with E-state index in [1.54, 1.807) is 23.6 Å². The van der Waals surface area contributed by atoms with Gasteiger partial charge in [0.25, 0.3) is 0 Å². The number of carbonyl (C=O) groups excluding carboxylic acids is 2. The molecule has 0 spiro atoms. The normalized spacial score (nSPS) is 18.1. The fourth-order valence-electron chi connectivity index (χ4n) is 6.36. The Hall–Kier alpha value is -3.17. The second-order valence-electron chi connectivity index (χ2n) is 14.0. The van der Waals surface area contributed by atoms with Gasteiger partial charge in [0, 0.05) is 5.87 Å². The smallest absolute Gasteiger partial charge is 0.248 e. The topological polar surface area (TPSA) is 53.0 Å². The molecule has 2 fully saturated rings. The van der Waals surface area contributed by atoms with Gasteiger partial charge >= 0.3 is 0 Å². The van der Waals surface area contributed by atoms with Gasteiger partial charge in [-0.15, -0.1) is 0 Å². The number of nitrogens with zero attached hydrogens (tertiary/aromatic N) is 3. The molecule has 1 heterocycles. The molecule has 0 bridgehead atoms. The quantitative estimate of drug-likeness (QED) is 0.246. The third-order valence-corrected chi connectivity index (χ3v) is 8.95. The van der Waals surface area contributed by atoms with Crippen LogP contribution in [0.2, 0.25) is 0 Å². The number of benzene rings is 2. The van der Waals surface area contributed by atoms with Crippen LogP contribution in [0.25, 0.3) is 0 Å². The first-order chi connectivity index (χ1) is 19.8. The molecule has 1 aliphatic carbocycles. The molecule has 0 unspecified atom stereocenters. The molecule has 42 heavy (non-hydrogen) atoms. The van der Waals surface area contributed by atoms with Crippen molar-refractivity contribution >= 4 is 29.1 Å². The second kappa shape index (κ2) is 12.6. The van der Waals surface area contributed by atoms with Crippen molar-refractivity contribution < 1.29 is 9.59 Å². The Balaban J connectivity index is 2.15. The molecule has 2 aliphatic rings. The summed E-state index contributed by atoms with van der Waals surface area (Å²) >= 11 is 0. The van der Waals surface area contributed by atoms with E-state index in [0.717, 1.165) is 59.3 Å². The Bertz CT molecular complexity index is 1250. The van der Waals surface area contributed by atoms with Crippen molar-refractivity contribution in [3.8, 4) is 0 Å². The lowest BCUT2D eigenvalue weighted by atomic mass is 9.83. The lowest BCUT2D eigenvalue weighted by Crippen LogP contribution is -2.60. The summed E-state index contributed by atoms with van der Waals surface area (Å²) in [5.74, 6) is 4.07. The highest BCUT2D eigenvalue weighted by Crippen LogP contribution is 2.47. The summed E-state index contributed by atoms with van der Waals surface area (Å²) in [5, 5.41) is 0. The zero-order chi connectivity index (χ0) is 30.9. The Morgan fingerprint density at radius 2 is 1.02 bits per heavy atom. The molecule has 2 amide bonds. The van der Waals surface area contributed by atoms with Gasteiger partial charge in [-0.05, 0) is 72.6 Å². The number of anilines is 2. The fourth-order valence-corrected chi connectivity index (χ4v) is 6.36. The first-order valence-corrected chi connectivity index (χ1v) is 16.1. The number of hydrogen-bond acceptors (Lipinski definition) is 3. The largest absolute Gasteiger partial charge is 0.273 e. The van der Waals surface area contributed by atoms with E-state index < -0.39 is 5.41 Å². The average molecular weight is 570 g/mol. The van der Waals surface area contributed by atoms with Crippen LogP contribution >= 0.6 is 0 Å². The molecule has 226 valence electrons. The average Bonchev–Trinajstić information content (AvgIpc) is 2.95. The SMILES string of the molecule is CC(C)c1cccc(C(C)C)c1N1C(=O)C(C)(C)C(=O)N(c2c(C(C)C)cccc2C(C)C)C1=C=NC1CCCCC1. The molecule has 0 N–H and O–H groups in total. The van der Waals surface area contributed by atoms with E-state index in [2.05, 4.69) is 97.7 Å². The fraction of sp³-hybridized carbons (Fsp3) is 0.568. The first kappa shape index (κ1) is 31.8. The third-order valence-electron chi connectivity index (χ3n) is 8.95. The Morgan fingerprint density at radius 3 is 1.36 bits per heavy atom. The van der Waals surface area contributed by atoms with Crippen LogP contribution in [-0.4, -0.2) is 23.7 Å². The standard InChI is InChI=1S/C37H51N3O2/c1-23(2)28-18-14-19-29(24(3)4)33(28)39-32(22-38-27-16-12-11-13-17-27)40(36(42)37(9,10)35(39)41)34-30(25(5)6)20-15-21-31(34)26(7)8/h14-15,18-21,23-27H,11-13,16-17H2,1-10H3. The van der Waals surface area contributed by atoms with Crippen LogP contribution in [0.3, 0.4) is 0 Å². The highest BCUT2D eigenvalue weighted by atomic mass is 16.2. The van der Waals surface area contributed by atoms with Gasteiger partial charge in [-0.25, -0.2) is 4.99 Å². The summed E-state index contributed by atoms with van der Waals surface area (Å²) in [7, 11) is 0. The van der Waals surface area contributed by atoms with Gasteiger partial charge in [-0.2, -0.15) is 0 Å². The van der Waals surface area contributed by atoms with Gasteiger partial charge < -0.3 is 0 Å². The zero-order valence-corrected chi connectivity index (χ0v) is 27.5. The summed E-state index contributed by atoms with van der Waals surface area (Å²) in [6.45, 7) is 20.8. The van der Waals surface area contributed by atoms with Crippen molar-refractivity contribution in [2.75, 3.05) is 9.80 Å². The molecule has 0 atom stereocenters. The molecular formula is C37H51N3O2. The van der Waals surface area contributed by atoms with E-state index in [4.69, 9.17) is 4.99 Å². The Labute approximate surface area is 254 Å². The van der Waals surface area contributed by atoms with Crippen molar-refractivity contribution in [2.24, 2.45) is 10.4 Å². The molecule has 0 radical (unpaired) electrons. The molecule has 1 aliphatic heterocycles. The maximum absolute atomic E-state index is 14.7. The zero-order valence-electron chi connectivity index (χ0n) is 27.5. The van der Waals surface area contributed by atoms with Crippen LogP contribution in [0.15, 0.2) is 47.2 Å². The highest BCUT2D eigenvalue weighted by Gasteiger charge is 2.52. The van der Waals surface area contributed by atoms with E-state index in [0.29, 0.717) is 5.82 Å². The summed E-state index contributed by atoms with van der Waals surface area (Å²) < 4.78 is 0. The number of rotatable bonds is 7. The molecule has 5 heteroatoms. The van der Waals surface area contributed by atoms with Crippen LogP contribution < -0.4 is 9.80 Å². The molecular weight excluding hydrogens is 518 g/mol.